The first-order chi connectivity index (χ1) is 14.5. The van der Waals surface area contributed by atoms with Crippen LogP contribution in [0.2, 0.25) is 5.02 Å². The molecule has 0 amide bonds. The lowest BCUT2D eigenvalue weighted by Crippen LogP contribution is -2.12. The van der Waals surface area contributed by atoms with Gasteiger partial charge in [0.25, 0.3) is 0 Å². The number of hydrogen-bond donors (Lipinski definition) is 1. The summed E-state index contributed by atoms with van der Waals surface area (Å²) in [5.41, 5.74) is 2.57. The minimum atomic E-state index is -0.411. The van der Waals surface area contributed by atoms with Crippen molar-refractivity contribution in [3.8, 4) is 17.1 Å². The molecule has 4 rings (SSSR count). The Kier molecular flexibility index (Phi) is 5.69. The second kappa shape index (κ2) is 8.41. The molecule has 0 radical (unpaired) electrons. The van der Waals surface area contributed by atoms with Crippen LogP contribution >= 0.6 is 23.4 Å². The smallest absolute Gasteiger partial charge is 0.336 e. The summed E-state index contributed by atoms with van der Waals surface area (Å²) in [4.78, 5) is 12.0. The molecule has 0 fully saturated rings. The first-order valence-electron chi connectivity index (χ1n) is 9.23. The van der Waals surface area contributed by atoms with E-state index in [2.05, 4.69) is 10.2 Å². The van der Waals surface area contributed by atoms with Gasteiger partial charge in [0.2, 0.25) is 5.16 Å². The zero-order chi connectivity index (χ0) is 21.3. The molecule has 30 heavy (non-hydrogen) atoms. The van der Waals surface area contributed by atoms with Crippen LogP contribution in [0.4, 0.5) is 0 Å². The average molecular weight is 443 g/mol. The number of benzene rings is 2. The van der Waals surface area contributed by atoms with E-state index in [0.29, 0.717) is 33.1 Å². The first kappa shape index (κ1) is 20.3. The molecular formula is C21H19ClN4O3S. The van der Waals surface area contributed by atoms with E-state index in [1.165, 1.54) is 22.5 Å². The second-order valence-corrected chi connectivity index (χ2v) is 7.90. The lowest BCUT2D eigenvalue weighted by Gasteiger charge is -2.09. The third kappa shape index (κ3) is 3.76. The Balaban J connectivity index is 1.66. The Hall–Kier alpha value is -2.97. The van der Waals surface area contributed by atoms with Gasteiger partial charge >= 0.3 is 5.63 Å². The highest BCUT2D eigenvalue weighted by Gasteiger charge is 2.17. The second-order valence-electron chi connectivity index (χ2n) is 6.55. The molecule has 0 aliphatic heterocycles. The number of thioether (sulfide) groups is 1. The third-order valence-corrected chi connectivity index (χ3v) is 6.09. The van der Waals surface area contributed by atoms with Crippen LogP contribution in [0.3, 0.4) is 0 Å². The lowest BCUT2D eigenvalue weighted by molar-refractivity contribution is 0.416. The van der Waals surface area contributed by atoms with Crippen LogP contribution in [0.25, 0.3) is 22.4 Å². The summed E-state index contributed by atoms with van der Waals surface area (Å²) in [5, 5.41) is 10.3. The van der Waals surface area contributed by atoms with E-state index in [1.54, 1.807) is 7.11 Å². The molecule has 4 aromatic rings. The van der Waals surface area contributed by atoms with E-state index < -0.39 is 5.63 Å². The van der Waals surface area contributed by atoms with Gasteiger partial charge in [-0.1, -0.05) is 42.4 Å². The highest BCUT2D eigenvalue weighted by molar-refractivity contribution is 7.98. The third-order valence-electron chi connectivity index (χ3n) is 4.75. The molecule has 0 aliphatic carbocycles. The molecule has 0 aliphatic rings. The number of hydrogen-bond acceptors (Lipinski definition) is 7. The van der Waals surface area contributed by atoms with E-state index in [1.807, 2.05) is 43.3 Å². The van der Waals surface area contributed by atoms with Gasteiger partial charge in [-0.3, -0.25) is 0 Å². The van der Waals surface area contributed by atoms with Crippen LogP contribution in [0, 0.1) is 0 Å². The van der Waals surface area contributed by atoms with Crippen molar-refractivity contribution < 1.29 is 9.15 Å². The van der Waals surface area contributed by atoms with Crippen molar-refractivity contribution in [2.45, 2.75) is 24.3 Å². The molecule has 2 aromatic carbocycles. The maximum absolute atomic E-state index is 12.0. The minimum absolute atomic E-state index is 0.411. The molecule has 7 nitrogen and oxygen atoms in total. The molecule has 0 atom stereocenters. The number of ether oxygens (including phenoxy) is 1. The van der Waals surface area contributed by atoms with Crippen molar-refractivity contribution >= 4 is 34.3 Å². The fourth-order valence-corrected chi connectivity index (χ4v) is 4.35. The highest BCUT2D eigenvalue weighted by Crippen LogP contribution is 2.32. The summed E-state index contributed by atoms with van der Waals surface area (Å²) in [6, 6.07) is 12.6. The van der Waals surface area contributed by atoms with Crippen molar-refractivity contribution in [3.05, 3.63) is 69.0 Å². The molecule has 0 unspecified atom stereocenters. The maximum Gasteiger partial charge on any atom is 0.336 e. The molecule has 9 heteroatoms. The minimum Gasteiger partial charge on any atom is -0.496 e. The van der Waals surface area contributed by atoms with Crippen molar-refractivity contribution in [3.63, 3.8) is 0 Å². The van der Waals surface area contributed by atoms with Gasteiger partial charge in [-0.15, -0.1) is 10.2 Å². The first-order valence-corrected chi connectivity index (χ1v) is 10.6. The molecule has 0 spiro atoms. The Morgan fingerprint density at radius 1 is 1.20 bits per heavy atom. The van der Waals surface area contributed by atoms with Crippen molar-refractivity contribution in [2.24, 2.45) is 0 Å². The Bertz CT molecular complexity index is 1290. The topological polar surface area (TPSA) is 96.2 Å². The Morgan fingerprint density at radius 3 is 2.77 bits per heavy atom. The average Bonchev–Trinajstić information content (AvgIpc) is 3.12. The number of nitrogens with two attached hydrogens (primary N) is 1. The van der Waals surface area contributed by atoms with Gasteiger partial charge in [0.05, 0.1) is 12.7 Å². The van der Waals surface area contributed by atoms with Crippen LogP contribution in [0.15, 0.2) is 56.8 Å². The number of nitrogens with zero attached hydrogens (tertiary/aromatic N) is 3. The van der Waals surface area contributed by atoms with Gasteiger partial charge in [0.15, 0.2) is 5.82 Å². The summed E-state index contributed by atoms with van der Waals surface area (Å²) < 4.78 is 12.2. The molecule has 0 saturated heterocycles. The maximum atomic E-state index is 12.0. The number of para-hydroxylation sites is 1. The highest BCUT2D eigenvalue weighted by atomic mass is 35.5. The van der Waals surface area contributed by atoms with Gasteiger partial charge < -0.3 is 15.0 Å². The van der Waals surface area contributed by atoms with Gasteiger partial charge in [0, 0.05) is 22.2 Å². The molecule has 2 aromatic heterocycles. The number of methoxy groups -OCH3 is 1. The summed E-state index contributed by atoms with van der Waals surface area (Å²) >= 11 is 7.74. The molecule has 0 saturated carbocycles. The number of rotatable bonds is 6. The fraction of sp³-hybridized carbons (Fsp3) is 0.190. The van der Waals surface area contributed by atoms with Crippen LogP contribution < -0.4 is 16.2 Å². The van der Waals surface area contributed by atoms with E-state index in [-0.39, 0.29) is 0 Å². The zero-order valence-electron chi connectivity index (χ0n) is 16.4. The number of aryl methyl sites for hydroxylation is 1. The molecule has 2 heterocycles. The van der Waals surface area contributed by atoms with Crippen molar-refractivity contribution in [1.29, 1.82) is 0 Å². The zero-order valence-corrected chi connectivity index (χ0v) is 18.0. The van der Waals surface area contributed by atoms with Crippen LogP contribution in [-0.2, 0) is 12.2 Å². The van der Waals surface area contributed by atoms with Crippen LogP contribution in [0.1, 0.15) is 18.1 Å². The summed E-state index contributed by atoms with van der Waals surface area (Å²) in [5.74, 6) is 7.83. The van der Waals surface area contributed by atoms with E-state index in [9.17, 15) is 4.79 Å². The Labute approximate surface area is 181 Å². The van der Waals surface area contributed by atoms with Gasteiger partial charge in [0.1, 0.15) is 11.3 Å². The molecule has 154 valence electrons. The molecule has 0 bridgehead atoms. The number of halogens is 1. The lowest BCUT2D eigenvalue weighted by atomic mass is 10.1. The van der Waals surface area contributed by atoms with E-state index in [4.69, 9.17) is 26.6 Å². The normalized spacial score (nSPS) is 11.2. The quantitative estimate of drug-likeness (QED) is 0.270. The van der Waals surface area contributed by atoms with E-state index >= 15 is 0 Å². The standard InChI is InChI=1S/C21H19ClN4O3S/c1-3-12-8-18-15(10-16(12)22)13(9-19(27)29-18)11-30-21-25-24-20(26(21)23)14-6-4-5-7-17(14)28-2/h4-10H,3,11,23H2,1-2H3. The predicted octanol–water partition coefficient (Wildman–Crippen LogP) is 4.28. The summed E-state index contributed by atoms with van der Waals surface area (Å²) in [7, 11) is 1.59. The summed E-state index contributed by atoms with van der Waals surface area (Å²) in [6.07, 6.45) is 0.749. The van der Waals surface area contributed by atoms with E-state index in [0.717, 1.165) is 28.5 Å². The van der Waals surface area contributed by atoms with Crippen LogP contribution in [-0.4, -0.2) is 22.0 Å². The fourth-order valence-electron chi connectivity index (χ4n) is 3.21. The van der Waals surface area contributed by atoms with Gasteiger partial charge in [-0.25, -0.2) is 9.47 Å². The molecular weight excluding hydrogens is 424 g/mol. The van der Waals surface area contributed by atoms with Gasteiger partial charge in [-0.2, -0.15) is 0 Å². The largest absolute Gasteiger partial charge is 0.496 e. The number of fused-ring (bicyclic) bond motifs is 1. The monoisotopic (exact) mass is 442 g/mol. The van der Waals surface area contributed by atoms with Crippen molar-refractivity contribution in [1.82, 2.24) is 14.9 Å². The predicted molar refractivity (Wildman–Crippen MR) is 119 cm³/mol. The van der Waals surface area contributed by atoms with Crippen LogP contribution in [0.5, 0.6) is 5.75 Å². The summed E-state index contributed by atoms with van der Waals surface area (Å²) in [6.45, 7) is 2.00. The van der Waals surface area contributed by atoms with Gasteiger partial charge in [-0.05, 0) is 41.8 Å². The molecule has 2 N–H and O–H groups in total. The number of aromatic nitrogens is 3. The number of nitrogen functional groups attached to an aromatic ring is 1. The Morgan fingerprint density at radius 2 is 2.00 bits per heavy atom. The van der Waals surface area contributed by atoms with Crippen molar-refractivity contribution in [2.75, 3.05) is 13.0 Å². The SMILES string of the molecule is CCc1cc2oc(=O)cc(CSc3nnc(-c4ccccc4OC)n3N)c2cc1Cl.